The van der Waals surface area contributed by atoms with Crippen LogP contribution in [0.5, 0.6) is 0 Å². The lowest BCUT2D eigenvalue weighted by Crippen LogP contribution is -2.45. The first-order chi connectivity index (χ1) is 13.8. The Balaban J connectivity index is 1.30. The number of pyridine rings is 1. The summed E-state index contributed by atoms with van der Waals surface area (Å²) in [5, 5.41) is 2.89. The first kappa shape index (κ1) is 18.2. The Morgan fingerprint density at radius 2 is 1.57 bits per heavy atom. The van der Waals surface area contributed by atoms with Gasteiger partial charge >= 0.3 is 0 Å². The van der Waals surface area contributed by atoms with E-state index < -0.39 is 0 Å². The molecule has 0 saturated carbocycles. The van der Waals surface area contributed by atoms with Gasteiger partial charge in [0.2, 0.25) is 0 Å². The maximum Gasteiger partial charge on any atom is 0.274 e. The fourth-order valence-electron chi connectivity index (χ4n) is 3.45. The predicted molar refractivity (Wildman–Crippen MR) is 113 cm³/mol. The summed E-state index contributed by atoms with van der Waals surface area (Å²) in [7, 11) is 0. The molecule has 1 aliphatic heterocycles. The highest BCUT2D eigenvalue weighted by molar-refractivity contribution is 6.02. The van der Waals surface area contributed by atoms with Crippen LogP contribution in [0, 0.1) is 0 Å². The smallest absolute Gasteiger partial charge is 0.274 e. The van der Waals surface area contributed by atoms with Gasteiger partial charge in [-0.2, -0.15) is 0 Å². The van der Waals surface area contributed by atoms with Crippen LogP contribution in [0.3, 0.4) is 0 Å². The van der Waals surface area contributed by atoms with Crippen molar-refractivity contribution in [1.29, 1.82) is 0 Å². The molecule has 1 saturated heterocycles. The monoisotopic (exact) mass is 372 g/mol. The molecule has 3 aromatic rings. The minimum absolute atomic E-state index is 0.192. The molecule has 0 atom stereocenters. The van der Waals surface area contributed by atoms with Crippen molar-refractivity contribution in [2.75, 3.05) is 36.4 Å². The Kier molecular flexibility index (Phi) is 5.64. The molecule has 0 bridgehead atoms. The van der Waals surface area contributed by atoms with Gasteiger partial charge in [0.1, 0.15) is 5.69 Å². The minimum atomic E-state index is -0.192. The van der Waals surface area contributed by atoms with E-state index in [-0.39, 0.29) is 5.91 Å². The molecular formula is C23H24N4O. The van der Waals surface area contributed by atoms with E-state index in [1.165, 1.54) is 11.3 Å². The first-order valence-corrected chi connectivity index (χ1v) is 9.61. The molecule has 1 amide bonds. The second kappa shape index (κ2) is 8.67. The summed E-state index contributed by atoms with van der Waals surface area (Å²) < 4.78 is 0. The largest absolute Gasteiger partial charge is 0.369 e. The molecule has 2 aromatic carbocycles. The van der Waals surface area contributed by atoms with Crippen LogP contribution in [-0.2, 0) is 6.54 Å². The van der Waals surface area contributed by atoms with Crippen LogP contribution in [-0.4, -0.2) is 42.0 Å². The van der Waals surface area contributed by atoms with Crippen molar-refractivity contribution in [3.05, 3.63) is 90.3 Å². The number of anilines is 2. The number of nitrogens with zero attached hydrogens (tertiary/aromatic N) is 3. The summed E-state index contributed by atoms with van der Waals surface area (Å²) in [6.45, 7) is 5.12. The zero-order chi connectivity index (χ0) is 19.2. The van der Waals surface area contributed by atoms with E-state index in [0.717, 1.165) is 38.4 Å². The van der Waals surface area contributed by atoms with Gasteiger partial charge in [-0.15, -0.1) is 0 Å². The van der Waals surface area contributed by atoms with Gasteiger partial charge < -0.3 is 10.2 Å². The summed E-state index contributed by atoms with van der Waals surface area (Å²) in [6.07, 6.45) is 1.62. The Morgan fingerprint density at radius 1 is 0.857 bits per heavy atom. The van der Waals surface area contributed by atoms with E-state index in [2.05, 4.69) is 62.6 Å². The standard InChI is InChI=1S/C23H24N4O/c28-23(22-8-4-5-13-24-22)25-20-9-11-21(12-10-20)27-16-14-26(15-17-27)18-19-6-2-1-3-7-19/h1-13H,14-18H2,(H,25,28). The van der Waals surface area contributed by atoms with Crippen molar-refractivity contribution in [2.45, 2.75) is 6.54 Å². The van der Waals surface area contributed by atoms with E-state index in [1.54, 1.807) is 18.3 Å². The lowest BCUT2D eigenvalue weighted by molar-refractivity contribution is 0.102. The quantitative estimate of drug-likeness (QED) is 0.743. The predicted octanol–water partition coefficient (Wildman–Crippen LogP) is 3.66. The number of rotatable bonds is 5. The highest BCUT2D eigenvalue weighted by Crippen LogP contribution is 2.20. The molecule has 1 aromatic heterocycles. The number of piperazine rings is 1. The maximum absolute atomic E-state index is 12.2. The van der Waals surface area contributed by atoms with E-state index in [1.807, 2.05) is 18.2 Å². The van der Waals surface area contributed by atoms with Crippen molar-refractivity contribution >= 4 is 17.3 Å². The Hall–Kier alpha value is -3.18. The summed E-state index contributed by atoms with van der Waals surface area (Å²) in [5.74, 6) is -0.192. The topological polar surface area (TPSA) is 48.5 Å². The maximum atomic E-state index is 12.2. The van der Waals surface area contributed by atoms with Gasteiger partial charge in [-0.3, -0.25) is 14.7 Å². The molecule has 2 heterocycles. The molecule has 5 heteroatoms. The highest BCUT2D eigenvalue weighted by Gasteiger charge is 2.17. The van der Waals surface area contributed by atoms with Crippen LogP contribution in [0.25, 0.3) is 0 Å². The van der Waals surface area contributed by atoms with Crippen molar-refractivity contribution < 1.29 is 4.79 Å². The summed E-state index contributed by atoms with van der Waals surface area (Å²) in [5.41, 5.74) is 3.75. The number of carbonyl (C=O) groups excluding carboxylic acids is 1. The highest BCUT2D eigenvalue weighted by atomic mass is 16.1. The number of hydrogen-bond acceptors (Lipinski definition) is 4. The molecule has 1 aliphatic rings. The number of amides is 1. The minimum Gasteiger partial charge on any atom is -0.369 e. The van der Waals surface area contributed by atoms with Crippen LogP contribution < -0.4 is 10.2 Å². The van der Waals surface area contributed by atoms with Crippen molar-refractivity contribution in [3.8, 4) is 0 Å². The van der Waals surface area contributed by atoms with E-state index in [4.69, 9.17) is 0 Å². The van der Waals surface area contributed by atoms with Gasteiger partial charge in [0.15, 0.2) is 0 Å². The summed E-state index contributed by atoms with van der Waals surface area (Å²) in [4.78, 5) is 21.2. The van der Waals surface area contributed by atoms with E-state index in [0.29, 0.717) is 5.69 Å². The van der Waals surface area contributed by atoms with Crippen molar-refractivity contribution in [2.24, 2.45) is 0 Å². The fourth-order valence-corrected chi connectivity index (χ4v) is 3.45. The Bertz CT molecular complexity index is 889. The second-order valence-corrected chi connectivity index (χ2v) is 6.96. The molecule has 0 unspecified atom stereocenters. The average Bonchev–Trinajstić information content (AvgIpc) is 2.76. The van der Waals surface area contributed by atoms with Gasteiger partial charge in [-0.1, -0.05) is 36.4 Å². The molecule has 1 N–H and O–H groups in total. The number of benzene rings is 2. The molecular weight excluding hydrogens is 348 g/mol. The third kappa shape index (κ3) is 4.56. The van der Waals surface area contributed by atoms with Gasteiger partial charge in [0, 0.05) is 50.3 Å². The van der Waals surface area contributed by atoms with Crippen molar-refractivity contribution in [3.63, 3.8) is 0 Å². The number of aromatic nitrogens is 1. The van der Waals surface area contributed by atoms with Crippen molar-refractivity contribution in [1.82, 2.24) is 9.88 Å². The zero-order valence-electron chi connectivity index (χ0n) is 15.8. The van der Waals surface area contributed by atoms with Crippen LogP contribution >= 0.6 is 0 Å². The molecule has 28 heavy (non-hydrogen) atoms. The zero-order valence-corrected chi connectivity index (χ0v) is 15.8. The lowest BCUT2D eigenvalue weighted by atomic mass is 10.2. The number of carbonyl (C=O) groups is 1. The van der Waals surface area contributed by atoms with Crippen LogP contribution in [0.2, 0.25) is 0 Å². The summed E-state index contributed by atoms with van der Waals surface area (Å²) in [6, 6.07) is 24.0. The molecule has 142 valence electrons. The Labute approximate surface area is 165 Å². The second-order valence-electron chi connectivity index (χ2n) is 6.96. The third-order valence-corrected chi connectivity index (χ3v) is 5.01. The van der Waals surface area contributed by atoms with E-state index >= 15 is 0 Å². The molecule has 0 aliphatic carbocycles. The van der Waals surface area contributed by atoms with Crippen LogP contribution in [0.1, 0.15) is 16.1 Å². The average molecular weight is 372 g/mol. The van der Waals surface area contributed by atoms with Gasteiger partial charge in [-0.25, -0.2) is 0 Å². The molecule has 5 nitrogen and oxygen atoms in total. The molecule has 0 spiro atoms. The van der Waals surface area contributed by atoms with Gasteiger partial charge in [0.05, 0.1) is 0 Å². The molecule has 1 fully saturated rings. The molecule has 0 radical (unpaired) electrons. The first-order valence-electron chi connectivity index (χ1n) is 9.61. The van der Waals surface area contributed by atoms with E-state index in [9.17, 15) is 4.79 Å². The normalized spacial score (nSPS) is 14.6. The van der Waals surface area contributed by atoms with Gasteiger partial charge in [-0.05, 0) is 42.0 Å². The summed E-state index contributed by atoms with van der Waals surface area (Å²) >= 11 is 0. The van der Waals surface area contributed by atoms with Crippen LogP contribution in [0.4, 0.5) is 11.4 Å². The fraction of sp³-hybridized carbons (Fsp3) is 0.217. The van der Waals surface area contributed by atoms with Gasteiger partial charge in [0.25, 0.3) is 5.91 Å². The third-order valence-electron chi connectivity index (χ3n) is 5.01. The SMILES string of the molecule is O=C(Nc1ccc(N2CCN(Cc3ccccc3)CC2)cc1)c1ccccn1. The number of nitrogens with one attached hydrogen (secondary N) is 1. The van der Waals surface area contributed by atoms with Crippen LogP contribution in [0.15, 0.2) is 79.0 Å². The Morgan fingerprint density at radius 3 is 2.25 bits per heavy atom. The molecule has 4 rings (SSSR count). The lowest BCUT2D eigenvalue weighted by Gasteiger charge is -2.36. The number of hydrogen-bond donors (Lipinski definition) is 1.